The lowest BCUT2D eigenvalue weighted by atomic mass is 9.91. The van der Waals surface area contributed by atoms with Crippen LogP contribution in [0.15, 0.2) is 413 Å². The van der Waals surface area contributed by atoms with Crippen LogP contribution in [-0.2, 0) is 0 Å². The van der Waals surface area contributed by atoms with Crippen molar-refractivity contribution in [2.24, 2.45) is 0 Å². The van der Waals surface area contributed by atoms with Crippen LogP contribution in [0.4, 0.5) is 68.2 Å². The lowest BCUT2D eigenvalue weighted by Crippen LogP contribution is -2.24. The Morgan fingerprint density at radius 1 is 0.234 bits per heavy atom. The van der Waals surface area contributed by atoms with Gasteiger partial charge in [-0.1, -0.05) is 262 Å². The van der Waals surface area contributed by atoms with E-state index in [9.17, 15) is 0 Å². The molecule has 0 spiro atoms. The summed E-state index contributed by atoms with van der Waals surface area (Å²) in [5.41, 5.74) is 24.0. The first-order valence-electron chi connectivity index (χ1n) is 41.1. The van der Waals surface area contributed by atoms with Gasteiger partial charge in [-0.3, -0.25) is 8.80 Å². The van der Waals surface area contributed by atoms with Crippen molar-refractivity contribution >= 4 is 229 Å². The fourth-order valence-corrected chi connectivity index (χ4v) is 19.5. The highest BCUT2D eigenvalue weighted by molar-refractivity contribution is 6.32. The monoisotopic (exact) mass is 1610 g/mol. The van der Waals surface area contributed by atoms with E-state index in [0.717, 1.165) is 145 Å². The molecule has 24 aromatic rings. The van der Waals surface area contributed by atoms with E-state index in [1.807, 2.05) is 54.6 Å². The average molecular weight is 1610 g/mol. The van der Waals surface area contributed by atoms with Crippen molar-refractivity contribution in [3.8, 4) is 16.9 Å². The van der Waals surface area contributed by atoms with E-state index in [1.54, 1.807) is 0 Å². The number of hydrogen-bond acceptors (Lipinski definition) is 8. The van der Waals surface area contributed by atoms with Crippen molar-refractivity contribution in [2.75, 3.05) is 19.6 Å². The molecule has 10 nitrogen and oxygen atoms in total. The van der Waals surface area contributed by atoms with Crippen LogP contribution in [0.1, 0.15) is 7.43 Å². The quantitative estimate of drug-likeness (QED) is 0.0961. The summed E-state index contributed by atoms with van der Waals surface area (Å²) in [5.74, 6) is 0.593. The molecule has 0 saturated carbocycles. The maximum atomic E-state index is 8.91. The second-order valence-electron chi connectivity index (χ2n) is 31.2. The van der Waals surface area contributed by atoms with Gasteiger partial charge in [0.15, 0.2) is 0 Å². The predicted molar refractivity (Wildman–Crippen MR) is 525 cm³/mol. The normalized spacial score (nSPS) is 12.2. The van der Waals surface area contributed by atoms with Crippen molar-refractivity contribution in [1.29, 1.82) is 0 Å². The standard InChI is InChI=1S/C55H34N4.C36H23ClN2.C19H12BN2O2.CH4.CH3/c1-3-15-37(16-4-1)57-51-30-28-36(35-27-29-44-45(31-35)43-23-11-13-25-49(43)59-50-26-14-12-24-48(50)56-55(44)59)32-52(51)58(38-17-5-2-6-18-38)54-34-47-42-22-10-8-20-40(42)39-19-7-9-21-41(39)46(47)33-53(54)57;37-24-19-20-33-34(21-24)39(26-13-5-2-6-14-26)36-23-32-30-18-10-8-16-28(30)27-15-7-9-17-29(27)31(32)22-35(36)38(33)25-11-3-1-4-12-25;23-20-24-12-9-10-14-15(11-12)13-5-1-3-7-17(13)22-18-8-4-2-6-16(18)21-19(14)22;;/h1-34H;1-23H;1-11,23H;1H4;1H3/q;;;;-1. The number of benzene rings is 20. The number of anilines is 12. The molecule has 0 fully saturated rings. The molecule has 1 N–H and O–H groups in total. The Bertz CT molecular complexity index is 8420. The summed E-state index contributed by atoms with van der Waals surface area (Å²) in [6.45, 7) is 0. The van der Waals surface area contributed by atoms with Crippen molar-refractivity contribution in [3.05, 3.63) is 425 Å². The molecule has 2 aliphatic heterocycles. The topological polar surface area (TPSA) is 77.0 Å². The third kappa shape index (κ3) is 11.8. The Morgan fingerprint density at radius 2 is 0.516 bits per heavy atom. The van der Waals surface area contributed by atoms with Gasteiger partial charge in [0.1, 0.15) is 17.0 Å². The van der Waals surface area contributed by atoms with Gasteiger partial charge in [-0.2, -0.15) is 0 Å². The zero-order valence-electron chi connectivity index (χ0n) is 66.6. The molecule has 0 saturated heterocycles. The molecule has 0 atom stereocenters. The molecular formula is C112H76BClN8O2-. The molecule has 1 radical (unpaired) electrons. The van der Waals surface area contributed by atoms with E-state index in [-0.39, 0.29) is 14.9 Å². The van der Waals surface area contributed by atoms with Gasteiger partial charge in [0.05, 0.1) is 78.6 Å². The van der Waals surface area contributed by atoms with Gasteiger partial charge in [-0.25, -0.2) is 9.97 Å². The van der Waals surface area contributed by atoms with Crippen LogP contribution in [0.2, 0.25) is 5.02 Å². The van der Waals surface area contributed by atoms with Crippen LogP contribution in [-0.4, -0.2) is 31.5 Å². The smallest absolute Gasteiger partial charge is 0.537 e. The van der Waals surface area contributed by atoms with E-state index in [4.69, 9.17) is 31.2 Å². The van der Waals surface area contributed by atoms with Crippen LogP contribution in [0.25, 0.3) is 152 Å². The van der Waals surface area contributed by atoms with Crippen LogP contribution >= 0.6 is 11.6 Å². The maximum Gasteiger partial charge on any atom is 0.569 e. The largest absolute Gasteiger partial charge is 0.569 e. The molecule has 0 aliphatic carbocycles. The van der Waals surface area contributed by atoms with Gasteiger partial charge in [0.25, 0.3) is 0 Å². The molecule has 0 amide bonds. The van der Waals surface area contributed by atoms with E-state index >= 15 is 0 Å². The van der Waals surface area contributed by atoms with Crippen molar-refractivity contribution < 1.29 is 9.68 Å². The lowest BCUT2D eigenvalue weighted by Gasteiger charge is -2.41. The van der Waals surface area contributed by atoms with Gasteiger partial charge in [-0.15, -0.1) is 0 Å². The number of halogens is 1. The summed E-state index contributed by atoms with van der Waals surface area (Å²) >= 11 is 6.64. The Hall–Kier alpha value is -15.8. The SMILES string of the molecule is C.Clc1ccc2c(c1)N(c1ccccc1)c1cc3c4ccccc4c4ccccc4c3cc1N2c1ccccc1.O[B]Oc1ccc2c(c1)c1ccccc1n1c3ccccc3nc21.[CH3-].c1ccc(N2c3ccc(-c4ccc5c(c4)c4ccccc4n4c6ccccc6nc54)cc3N(c3ccccc3)c3cc4c5ccccc5c5ccccc5c4cc32)cc1. The summed E-state index contributed by atoms with van der Waals surface area (Å²) in [5, 5.41) is 31.5. The second-order valence-corrected chi connectivity index (χ2v) is 31.7. The van der Waals surface area contributed by atoms with Gasteiger partial charge >= 0.3 is 7.69 Å². The number of aromatic nitrogens is 4. The third-order valence-electron chi connectivity index (χ3n) is 24.6. The first-order chi connectivity index (χ1) is 60.4. The van der Waals surface area contributed by atoms with E-state index < -0.39 is 0 Å². The highest BCUT2D eigenvalue weighted by Gasteiger charge is 2.35. The molecular weight excluding hydrogens is 1540 g/mol. The number of para-hydroxylation sites is 10. The lowest BCUT2D eigenvalue weighted by molar-refractivity contribution is 0.454. The van der Waals surface area contributed by atoms with Crippen LogP contribution in [0.3, 0.4) is 0 Å². The second kappa shape index (κ2) is 30.2. The molecule has 6 heterocycles. The minimum absolute atomic E-state index is 0. The molecule has 124 heavy (non-hydrogen) atoms. The van der Waals surface area contributed by atoms with Crippen molar-refractivity contribution in [3.63, 3.8) is 0 Å². The summed E-state index contributed by atoms with van der Waals surface area (Å²) < 4.78 is 9.65. The van der Waals surface area contributed by atoms with E-state index in [2.05, 4.69) is 386 Å². The minimum Gasteiger partial charge on any atom is -0.537 e. The molecule has 4 aromatic heterocycles. The van der Waals surface area contributed by atoms with Crippen molar-refractivity contribution in [2.45, 2.75) is 7.43 Å². The van der Waals surface area contributed by atoms with Gasteiger partial charge in [0, 0.05) is 49.3 Å². The summed E-state index contributed by atoms with van der Waals surface area (Å²) in [7, 11) is 0.700. The van der Waals surface area contributed by atoms with Gasteiger partial charge in [-0.05, 0) is 256 Å². The molecule has 587 valence electrons. The van der Waals surface area contributed by atoms with Crippen LogP contribution < -0.4 is 24.3 Å². The number of pyridine rings is 2. The van der Waals surface area contributed by atoms with Crippen molar-refractivity contribution in [1.82, 2.24) is 18.8 Å². The molecule has 20 aromatic carbocycles. The zero-order chi connectivity index (χ0) is 80.6. The Kier molecular flexibility index (Phi) is 18.1. The number of nitrogens with zero attached hydrogens (tertiary/aromatic N) is 8. The number of fused-ring (bicyclic) bond motifs is 32. The molecule has 0 unspecified atom stereocenters. The van der Waals surface area contributed by atoms with Gasteiger partial charge < -0.3 is 36.7 Å². The first-order valence-corrected chi connectivity index (χ1v) is 41.5. The highest BCUT2D eigenvalue weighted by Crippen LogP contribution is 2.59. The zero-order valence-corrected chi connectivity index (χ0v) is 67.4. The Labute approximate surface area is 721 Å². The maximum absolute atomic E-state index is 8.91. The predicted octanol–water partition coefficient (Wildman–Crippen LogP) is 31.0. The molecule has 2 aliphatic rings. The highest BCUT2D eigenvalue weighted by atomic mass is 35.5. The first kappa shape index (κ1) is 74.5. The molecule has 0 bridgehead atoms. The fraction of sp³-hybridized carbons (Fsp3) is 0.00893. The van der Waals surface area contributed by atoms with Gasteiger partial charge in [0.2, 0.25) is 0 Å². The van der Waals surface area contributed by atoms with E-state index in [0.29, 0.717) is 18.5 Å². The fourth-order valence-electron chi connectivity index (χ4n) is 19.4. The minimum atomic E-state index is 0. The summed E-state index contributed by atoms with van der Waals surface area (Å²) in [6, 6.07) is 147. The van der Waals surface area contributed by atoms with Crippen LogP contribution in [0.5, 0.6) is 5.75 Å². The van der Waals surface area contributed by atoms with Crippen LogP contribution in [0, 0.1) is 7.43 Å². The third-order valence-corrected chi connectivity index (χ3v) is 24.8. The average Bonchev–Trinajstić information content (AvgIpc) is 0.962. The Morgan fingerprint density at radius 3 is 0.911 bits per heavy atom. The summed E-state index contributed by atoms with van der Waals surface area (Å²) in [6.07, 6.45) is 0. The number of imidazole rings is 2. The number of hydrogen-bond donors (Lipinski definition) is 1. The molecule has 12 heteroatoms. The Balaban J connectivity index is 0.000000121. The van der Waals surface area contributed by atoms with E-state index in [1.165, 1.54) is 75.4 Å². The molecule has 26 rings (SSSR count). The number of rotatable bonds is 7. The summed E-state index contributed by atoms with van der Waals surface area (Å²) in [4.78, 5) is 19.6.